The number of aryl methyl sites for hydroxylation is 2. The lowest BCUT2D eigenvalue weighted by atomic mass is 10.1. The molecule has 0 saturated heterocycles. The highest BCUT2D eigenvalue weighted by Gasteiger charge is 2.10. The van der Waals surface area contributed by atoms with E-state index in [2.05, 4.69) is 33.3 Å². The van der Waals surface area contributed by atoms with E-state index in [9.17, 15) is 4.79 Å². The lowest BCUT2D eigenvalue weighted by Gasteiger charge is -2.09. The number of esters is 1. The number of nitrogens with one attached hydrogen (secondary N) is 1. The molecule has 0 aliphatic carbocycles. The molecule has 1 aromatic heterocycles. The van der Waals surface area contributed by atoms with Gasteiger partial charge in [-0.25, -0.2) is 4.79 Å². The van der Waals surface area contributed by atoms with Crippen molar-refractivity contribution in [3.63, 3.8) is 0 Å². The van der Waals surface area contributed by atoms with Crippen LogP contribution in [0.25, 0.3) is 0 Å². The van der Waals surface area contributed by atoms with E-state index in [4.69, 9.17) is 4.74 Å². The van der Waals surface area contributed by atoms with E-state index in [1.807, 2.05) is 19.3 Å². The van der Waals surface area contributed by atoms with Crippen molar-refractivity contribution in [1.29, 1.82) is 0 Å². The van der Waals surface area contributed by atoms with Crippen LogP contribution in [-0.2, 0) is 24.8 Å². The maximum absolute atomic E-state index is 11.5. The number of hydrogen-bond acceptors (Lipinski definition) is 4. The molecule has 0 unspecified atom stereocenters. The van der Waals surface area contributed by atoms with Gasteiger partial charge in [0.25, 0.3) is 0 Å². The Hall–Kier alpha value is -1.82. The molecule has 112 valence electrons. The fourth-order valence-electron chi connectivity index (χ4n) is 2.07. The fraction of sp³-hybridized carbons (Fsp3) is 0.333. The number of ether oxygens (including phenoxy) is 1. The molecule has 0 bridgehead atoms. The lowest BCUT2D eigenvalue weighted by molar-refractivity contribution is 0.0600. The molecule has 0 fully saturated rings. The number of carbonyl (C=O) groups excluding carboxylic acids is 1. The van der Waals surface area contributed by atoms with Crippen molar-refractivity contribution in [2.24, 2.45) is 7.05 Å². The fourth-order valence-corrected chi connectivity index (χ4v) is 2.59. The number of aromatic nitrogens is 2. The lowest BCUT2D eigenvalue weighted by Crippen LogP contribution is -2.04. The summed E-state index contributed by atoms with van der Waals surface area (Å²) in [6.07, 6.45) is 2.85. The summed E-state index contributed by atoms with van der Waals surface area (Å²) in [6.45, 7) is 2.73. The predicted molar refractivity (Wildman–Crippen MR) is 85.4 cm³/mol. The highest BCUT2D eigenvalue weighted by Crippen LogP contribution is 2.21. The van der Waals surface area contributed by atoms with Gasteiger partial charge < -0.3 is 10.1 Å². The first kappa shape index (κ1) is 15.6. The summed E-state index contributed by atoms with van der Waals surface area (Å²) in [7, 11) is 3.28. The second kappa shape index (κ2) is 6.76. The van der Waals surface area contributed by atoms with Crippen LogP contribution in [-0.4, -0.2) is 22.9 Å². The number of hydrogen-bond donors (Lipinski definition) is 1. The molecule has 0 atom stereocenters. The van der Waals surface area contributed by atoms with Crippen LogP contribution in [0, 0.1) is 0 Å². The summed E-state index contributed by atoms with van der Waals surface area (Å²) in [6, 6.07) is 5.44. The van der Waals surface area contributed by atoms with Crippen molar-refractivity contribution in [2.75, 3.05) is 12.4 Å². The summed E-state index contributed by atoms with van der Waals surface area (Å²) in [5.74, 6) is -0.337. The van der Waals surface area contributed by atoms with E-state index in [1.165, 1.54) is 7.11 Å². The first-order valence-electron chi connectivity index (χ1n) is 6.68. The summed E-state index contributed by atoms with van der Waals surface area (Å²) >= 11 is 3.49. The van der Waals surface area contributed by atoms with Gasteiger partial charge in [-0.1, -0.05) is 28.9 Å². The third-order valence-corrected chi connectivity index (χ3v) is 3.92. The topological polar surface area (TPSA) is 56.2 Å². The van der Waals surface area contributed by atoms with Crippen LogP contribution < -0.4 is 5.32 Å². The highest BCUT2D eigenvalue weighted by atomic mass is 79.9. The summed E-state index contributed by atoms with van der Waals surface area (Å²) in [4.78, 5) is 11.5. The second-order valence-corrected chi connectivity index (χ2v) is 5.52. The van der Waals surface area contributed by atoms with E-state index >= 15 is 0 Å². The van der Waals surface area contributed by atoms with Crippen LogP contribution in [0.15, 0.2) is 28.9 Å². The van der Waals surface area contributed by atoms with Crippen LogP contribution >= 0.6 is 15.9 Å². The van der Waals surface area contributed by atoms with Crippen LogP contribution in [0.3, 0.4) is 0 Å². The predicted octanol–water partition coefficient (Wildman–Crippen LogP) is 3.14. The Morgan fingerprint density at radius 1 is 1.48 bits per heavy atom. The van der Waals surface area contributed by atoms with Gasteiger partial charge in [-0.15, -0.1) is 0 Å². The zero-order chi connectivity index (χ0) is 15.4. The molecule has 0 aliphatic rings. The van der Waals surface area contributed by atoms with Gasteiger partial charge in [0.1, 0.15) is 0 Å². The van der Waals surface area contributed by atoms with Crippen molar-refractivity contribution in [3.05, 3.63) is 45.7 Å². The smallest absolute Gasteiger partial charge is 0.337 e. The van der Waals surface area contributed by atoms with Crippen molar-refractivity contribution in [2.45, 2.75) is 19.9 Å². The van der Waals surface area contributed by atoms with E-state index in [1.54, 1.807) is 16.8 Å². The SMILES string of the molecule is CCc1nn(C)cc1NCc1ccc(C(=O)OC)cc1Br. The average Bonchev–Trinajstić information content (AvgIpc) is 2.85. The van der Waals surface area contributed by atoms with Gasteiger partial charge in [0, 0.05) is 24.3 Å². The van der Waals surface area contributed by atoms with Crippen molar-refractivity contribution in [1.82, 2.24) is 9.78 Å². The number of halogens is 1. The Bertz CT molecular complexity index is 652. The van der Waals surface area contributed by atoms with E-state index in [0.717, 1.165) is 27.8 Å². The molecule has 0 saturated carbocycles. The molecule has 0 amide bonds. The first-order valence-corrected chi connectivity index (χ1v) is 7.47. The molecule has 0 radical (unpaired) electrons. The van der Waals surface area contributed by atoms with Crippen LogP contribution in [0.2, 0.25) is 0 Å². The molecular weight excluding hydrogens is 334 g/mol. The summed E-state index contributed by atoms with van der Waals surface area (Å²) in [5.41, 5.74) is 3.67. The zero-order valence-corrected chi connectivity index (χ0v) is 13.9. The Balaban J connectivity index is 2.11. The minimum absolute atomic E-state index is 0.337. The molecule has 0 aliphatic heterocycles. The average molecular weight is 352 g/mol. The summed E-state index contributed by atoms with van der Waals surface area (Å²) < 4.78 is 7.38. The van der Waals surface area contributed by atoms with Gasteiger partial charge in [0.15, 0.2) is 0 Å². The molecule has 0 spiro atoms. The van der Waals surface area contributed by atoms with Crippen molar-refractivity contribution >= 4 is 27.6 Å². The zero-order valence-electron chi connectivity index (χ0n) is 12.3. The Morgan fingerprint density at radius 2 is 2.24 bits per heavy atom. The van der Waals surface area contributed by atoms with E-state index in [0.29, 0.717) is 12.1 Å². The van der Waals surface area contributed by atoms with Gasteiger partial charge in [0.2, 0.25) is 0 Å². The maximum atomic E-state index is 11.5. The number of anilines is 1. The van der Waals surface area contributed by atoms with Crippen LogP contribution in [0.1, 0.15) is 28.5 Å². The first-order chi connectivity index (χ1) is 10.0. The van der Waals surface area contributed by atoms with Crippen LogP contribution in [0.4, 0.5) is 5.69 Å². The summed E-state index contributed by atoms with van der Waals surface area (Å²) in [5, 5.41) is 7.77. The van der Waals surface area contributed by atoms with Crippen molar-refractivity contribution < 1.29 is 9.53 Å². The Kier molecular flexibility index (Phi) is 5.01. The van der Waals surface area contributed by atoms with Crippen molar-refractivity contribution in [3.8, 4) is 0 Å². The van der Waals surface area contributed by atoms with Crippen LogP contribution in [0.5, 0.6) is 0 Å². The third-order valence-electron chi connectivity index (χ3n) is 3.18. The number of methoxy groups -OCH3 is 1. The number of carbonyl (C=O) groups is 1. The molecule has 2 rings (SSSR count). The Morgan fingerprint density at radius 3 is 2.86 bits per heavy atom. The highest BCUT2D eigenvalue weighted by molar-refractivity contribution is 9.10. The molecule has 2 aromatic rings. The number of nitrogens with zero attached hydrogens (tertiary/aromatic N) is 2. The standard InChI is InChI=1S/C15H18BrN3O2/c1-4-13-14(9-19(2)18-13)17-8-11-6-5-10(7-12(11)16)15(20)21-3/h5-7,9,17H,4,8H2,1-3H3. The molecule has 6 heteroatoms. The van der Waals surface area contributed by atoms with Gasteiger partial charge in [0.05, 0.1) is 24.1 Å². The van der Waals surface area contributed by atoms with E-state index in [-0.39, 0.29) is 5.97 Å². The minimum atomic E-state index is -0.337. The molecule has 1 N–H and O–H groups in total. The third kappa shape index (κ3) is 3.64. The second-order valence-electron chi connectivity index (χ2n) is 4.67. The van der Waals surface area contributed by atoms with Gasteiger partial charge in [-0.2, -0.15) is 5.10 Å². The molecule has 5 nitrogen and oxygen atoms in total. The Labute approximate surface area is 132 Å². The minimum Gasteiger partial charge on any atom is -0.465 e. The largest absolute Gasteiger partial charge is 0.465 e. The number of rotatable bonds is 5. The normalized spacial score (nSPS) is 10.5. The molecule has 1 heterocycles. The van der Waals surface area contributed by atoms with Gasteiger partial charge >= 0.3 is 5.97 Å². The quantitative estimate of drug-likeness (QED) is 0.840. The van der Waals surface area contributed by atoms with E-state index < -0.39 is 0 Å². The monoisotopic (exact) mass is 351 g/mol. The molecule has 21 heavy (non-hydrogen) atoms. The molecular formula is C15H18BrN3O2. The van der Waals surface area contributed by atoms with Gasteiger partial charge in [-0.3, -0.25) is 4.68 Å². The van der Waals surface area contributed by atoms with Gasteiger partial charge in [-0.05, 0) is 24.1 Å². The maximum Gasteiger partial charge on any atom is 0.337 e. The number of benzene rings is 1. The molecule has 1 aromatic carbocycles.